The molecule has 2 aromatic carbocycles. The molecule has 1 heterocycles. The van der Waals surface area contributed by atoms with Gasteiger partial charge in [0.15, 0.2) is 0 Å². The summed E-state index contributed by atoms with van der Waals surface area (Å²) >= 11 is 1.20. The lowest BCUT2D eigenvalue weighted by Gasteiger charge is -2.07. The standard InChI is InChI=1S/C19H17NO3S/c1-12-4-3-5-16(10-12)23-11-14-6-8-15(9-7-14)18-20-13(2)17(24-18)19(21)22/h3-10H,11H2,1-2H3,(H,21,22). The molecule has 1 N–H and O–H groups in total. The maximum absolute atomic E-state index is 11.1. The number of thiazole rings is 1. The summed E-state index contributed by atoms with van der Waals surface area (Å²) in [6, 6.07) is 15.8. The van der Waals surface area contributed by atoms with Crippen LogP contribution in [0.5, 0.6) is 5.75 Å². The normalized spacial score (nSPS) is 10.6. The molecule has 0 aliphatic carbocycles. The quantitative estimate of drug-likeness (QED) is 0.732. The van der Waals surface area contributed by atoms with Crippen LogP contribution in [0.3, 0.4) is 0 Å². The number of aryl methyl sites for hydroxylation is 2. The summed E-state index contributed by atoms with van der Waals surface area (Å²) in [5.74, 6) is -0.0832. The minimum atomic E-state index is -0.931. The van der Waals surface area contributed by atoms with Gasteiger partial charge in [0.2, 0.25) is 0 Å². The molecule has 0 aliphatic rings. The molecule has 0 spiro atoms. The van der Waals surface area contributed by atoms with Crippen LogP contribution < -0.4 is 4.74 Å². The van der Waals surface area contributed by atoms with Crippen molar-refractivity contribution in [2.75, 3.05) is 0 Å². The molecule has 0 radical (unpaired) electrons. The molecule has 0 saturated carbocycles. The third-order valence-electron chi connectivity index (χ3n) is 3.59. The van der Waals surface area contributed by atoms with Crippen LogP contribution in [0.1, 0.15) is 26.5 Å². The highest BCUT2D eigenvalue weighted by atomic mass is 32.1. The number of rotatable bonds is 5. The van der Waals surface area contributed by atoms with Gasteiger partial charge in [-0.3, -0.25) is 0 Å². The molecular formula is C19H17NO3S. The average molecular weight is 339 g/mol. The summed E-state index contributed by atoms with van der Waals surface area (Å²) in [5, 5.41) is 9.84. The number of hydrogen-bond donors (Lipinski definition) is 1. The lowest BCUT2D eigenvalue weighted by Crippen LogP contribution is -1.95. The van der Waals surface area contributed by atoms with E-state index in [1.807, 2.05) is 55.5 Å². The Bertz CT molecular complexity index is 869. The van der Waals surface area contributed by atoms with Gasteiger partial charge in [-0.05, 0) is 37.1 Å². The van der Waals surface area contributed by atoms with Crippen molar-refractivity contribution in [3.05, 3.63) is 70.2 Å². The molecule has 4 nitrogen and oxygen atoms in total. The van der Waals surface area contributed by atoms with E-state index in [1.54, 1.807) is 6.92 Å². The molecule has 5 heteroatoms. The van der Waals surface area contributed by atoms with Crippen LogP contribution >= 0.6 is 11.3 Å². The Balaban J connectivity index is 1.71. The van der Waals surface area contributed by atoms with Gasteiger partial charge in [-0.2, -0.15) is 0 Å². The number of carbonyl (C=O) groups is 1. The Morgan fingerprint density at radius 3 is 2.54 bits per heavy atom. The van der Waals surface area contributed by atoms with Crippen LogP contribution in [0, 0.1) is 13.8 Å². The topological polar surface area (TPSA) is 59.4 Å². The average Bonchev–Trinajstić information content (AvgIpc) is 2.96. The number of aromatic carboxylic acids is 1. The van der Waals surface area contributed by atoms with E-state index in [0.717, 1.165) is 27.4 Å². The number of ether oxygens (including phenoxy) is 1. The second-order valence-electron chi connectivity index (χ2n) is 5.54. The smallest absolute Gasteiger partial charge is 0.347 e. The van der Waals surface area contributed by atoms with Crippen LogP contribution in [0.25, 0.3) is 10.6 Å². The molecule has 3 rings (SSSR count). The minimum absolute atomic E-state index is 0.289. The van der Waals surface area contributed by atoms with E-state index in [-0.39, 0.29) is 4.88 Å². The summed E-state index contributed by atoms with van der Waals surface area (Å²) in [6.45, 7) is 4.23. The summed E-state index contributed by atoms with van der Waals surface area (Å²) in [5.41, 5.74) is 3.67. The summed E-state index contributed by atoms with van der Waals surface area (Å²) in [4.78, 5) is 15.7. The van der Waals surface area contributed by atoms with Gasteiger partial charge in [0.1, 0.15) is 22.2 Å². The van der Waals surface area contributed by atoms with Gasteiger partial charge in [-0.25, -0.2) is 9.78 Å². The van der Waals surface area contributed by atoms with Crippen molar-refractivity contribution in [1.29, 1.82) is 0 Å². The Kier molecular flexibility index (Phi) is 4.62. The second kappa shape index (κ2) is 6.84. The monoisotopic (exact) mass is 339 g/mol. The Hall–Kier alpha value is -2.66. The molecule has 0 bridgehead atoms. The maximum atomic E-state index is 11.1. The van der Waals surface area contributed by atoms with E-state index in [4.69, 9.17) is 9.84 Å². The molecular weight excluding hydrogens is 322 g/mol. The molecule has 24 heavy (non-hydrogen) atoms. The van der Waals surface area contributed by atoms with Crippen molar-refractivity contribution in [3.63, 3.8) is 0 Å². The van der Waals surface area contributed by atoms with Crippen LogP contribution in [0.2, 0.25) is 0 Å². The predicted molar refractivity (Wildman–Crippen MR) is 94.8 cm³/mol. The molecule has 0 fully saturated rings. The maximum Gasteiger partial charge on any atom is 0.347 e. The number of benzene rings is 2. The Morgan fingerprint density at radius 2 is 1.92 bits per heavy atom. The molecule has 0 atom stereocenters. The zero-order valence-electron chi connectivity index (χ0n) is 13.4. The Labute approximate surface area is 144 Å². The van der Waals surface area contributed by atoms with Crippen LogP contribution in [-0.2, 0) is 6.61 Å². The van der Waals surface area contributed by atoms with Gasteiger partial charge < -0.3 is 9.84 Å². The third kappa shape index (κ3) is 3.63. The summed E-state index contributed by atoms with van der Waals surface area (Å²) in [7, 11) is 0. The first-order valence-electron chi connectivity index (χ1n) is 7.52. The van der Waals surface area contributed by atoms with Crippen LogP contribution in [0.4, 0.5) is 0 Å². The zero-order valence-corrected chi connectivity index (χ0v) is 14.3. The molecule has 1 aromatic heterocycles. The van der Waals surface area contributed by atoms with Crippen LogP contribution in [0.15, 0.2) is 48.5 Å². The van der Waals surface area contributed by atoms with Crippen molar-refractivity contribution < 1.29 is 14.6 Å². The lowest BCUT2D eigenvalue weighted by molar-refractivity contribution is 0.0701. The number of hydrogen-bond acceptors (Lipinski definition) is 4. The van der Waals surface area contributed by atoms with Gasteiger partial charge in [-0.1, -0.05) is 36.4 Å². The fraction of sp³-hybridized carbons (Fsp3) is 0.158. The molecule has 0 unspecified atom stereocenters. The first kappa shape index (κ1) is 16.2. The number of carboxylic acids is 1. The number of carboxylic acid groups (broad SMARTS) is 1. The van der Waals surface area contributed by atoms with Crippen molar-refractivity contribution in [3.8, 4) is 16.3 Å². The summed E-state index contributed by atoms with van der Waals surface area (Å²) in [6.07, 6.45) is 0. The second-order valence-corrected chi connectivity index (χ2v) is 6.54. The van der Waals surface area contributed by atoms with E-state index >= 15 is 0 Å². The van der Waals surface area contributed by atoms with E-state index in [0.29, 0.717) is 12.3 Å². The molecule has 0 aliphatic heterocycles. The lowest BCUT2D eigenvalue weighted by atomic mass is 10.1. The van der Waals surface area contributed by atoms with E-state index in [2.05, 4.69) is 4.98 Å². The van der Waals surface area contributed by atoms with Gasteiger partial charge in [-0.15, -0.1) is 11.3 Å². The number of nitrogens with zero attached hydrogens (tertiary/aromatic N) is 1. The van der Waals surface area contributed by atoms with E-state index < -0.39 is 5.97 Å². The minimum Gasteiger partial charge on any atom is -0.489 e. The van der Waals surface area contributed by atoms with E-state index in [1.165, 1.54) is 11.3 Å². The van der Waals surface area contributed by atoms with Crippen LogP contribution in [-0.4, -0.2) is 16.1 Å². The first-order chi connectivity index (χ1) is 11.5. The third-order valence-corrected chi connectivity index (χ3v) is 4.78. The highest BCUT2D eigenvalue weighted by Gasteiger charge is 2.14. The molecule has 0 saturated heterocycles. The SMILES string of the molecule is Cc1cccc(OCc2ccc(-c3nc(C)c(C(=O)O)s3)cc2)c1. The van der Waals surface area contributed by atoms with E-state index in [9.17, 15) is 4.79 Å². The fourth-order valence-electron chi connectivity index (χ4n) is 2.33. The Morgan fingerprint density at radius 1 is 1.17 bits per heavy atom. The van der Waals surface area contributed by atoms with Crippen molar-refractivity contribution >= 4 is 17.3 Å². The molecule has 122 valence electrons. The van der Waals surface area contributed by atoms with Crippen molar-refractivity contribution in [1.82, 2.24) is 4.98 Å². The highest BCUT2D eigenvalue weighted by molar-refractivity contribution is 7.17. The first-order valence-corrected chi connectivity index (χ1v) is 8.34. The predicted octanol–water partition coefficient (Wildman–Crippen LogP) is 4.70. The zero-order chi connectivity index (χ0) is 17.1. The van der Waals surface area contributed by atoms with Gasteiger partial charge in [0.05, 0.1) is 5.69 Å². The summed E-state index contributed by atoms with van der Waals surface area (Å²) < 4.78 is 5.78. The van der Waals surface area contributed by atoms with Gasteiger partial charge in [0.25, 0.3) is 0 Å². The largest absolute Gasteiger partial charge is 0.489 e. The number of aromatic nitrogens is 1. The van der Waals surface area contributed by atoms with Crippen molar-refractivity contribution in [2.45, 2.75) is 20.5 Å². The van der Waals surface area contributed by atoms with Gasteiger partial charge in [0, 0.05) is 5.56 Å². The highest BCUT2D eigenvalue weighted by Crippen LogP contribution is 2.28. The fourth-order valence-corrected chi connectivity index (χ4v) is 3.24. The molecule has 3 aromatic rings. The van der Waals surface area contributed by atoms with Crippen molar-refractivity contribution in [2.24, 2.45) is 0 Å². The van der Waals surface area contributed by atoms with Gasteiger partial charge >= 0.3 is 5.97 Å². The molecule has 0 amide bonds.